The second-order valence-electron chi connectivity index (χ2n) is 7.23. The van der Waals surface area contributed by atoms with Crippen LogP contribution in [0.2, 0.25) is 0 Å². The van der Waals surface area contributed by atoms with E-state index in [9.17, 15) is 9.59 Å². The molecular formula is C22H24N4O3. The van der Waals surface area contributed by atoms with Crippen LogP contribution in [-0.4, -0.2) is 53.2 Å². The van der Waals surface area contributed by atoms with Crippen molar-refractivity contribution < 1.29 is 14.3 Å². The van der Waals surface area contributed by atoms with Gasteiger partial charge in [0.05, 0.1) is 24.4 Å². The summed E-state index contributed by atoms with van der Waals surface area (Å²) in [6, 6.07) is 6.94. The fourth-order valence-corrected chi connectivity index (χ4v) is 3.93. The van der Waals surface area contributed by atoms with Crippen LogP contribution >= 0.6 is 0 Å². The molecule has 1 aliphatic carbocycles. The largest absolute Gasteiger partial charge is 0.497 e. The summed E-state index contributed by atoms with van der Waals surface area (Å²) in [5.74, 6) is 0.632. The molecule has 1 aromatic heterocycles. The Labute approximate surface area is 169 Å². The van der Waals surface area contributed by atoms with Gasteiger partial charge < -0.3 is 15.0 Å². The maximum Gasteiger partial charge on any atom is 0.258 e. The van der Waals surface area contributed by atoms with Gasteiger partial charge in [-0.1, -0.05) is 24.3 Å². The smallest absolute Gasteiger partial charge is 0.258 e. The van der Waals surface area contributed by atoms with E-state index in [1.54, 1.807) is 31.4 Å². The van der Waals surface area contributed by atoms with Gasteiger partial charge in [-0.2, -0.15) is 5.10 Å². The van der Waals surface area contributed by atoms with Gasteiger partial charge in [-0.25, -0.2) is 0 Å². The maximum absolute atomic E-state index is 13.1. The van der Waals surface area contributed by atoms with E-state index < -0.39 is 0 Å². The molecule has 1 aliphatic heterocycles. The molecule has 0 bridgehead atoms. The van der Waals surface area contributed by atoms with Crippen molar-refractivity contribution >= 4 is 11.8 Å². The van der Waals surface area contributed by atoms with Gasteiger partial charge in [-0.3, -0.25) is 14.7 Å². The number of hydrogen-bond acceptors (Lipinski definition) is 4. The van der Waals surface area contributed by atoms with Crippen molar-refractivity contribution in [1.29, 1.82) is 0 Å². The molecule has 2 amide bonds. The van der Waals surface area contributed by atoms with Crippen molar-refractivity contribution in [3.05, 3.63) is 71.1 Å². The number of H-pyrrole nitrogens is 1. The molecule has 7 nitrogen and oxygen atoms in total. The van der Waals surface area contributed by atoms with E-state index in [2.05, 4.69) is 21.6 Å². The number of amides is 2. The summed E-state index contributed by atoms with van der Waals surface area (Å²) in [5, 5.41) is 10.2. The topological polar surface area (TPSA) is 87.3 Å². The Kier molecular flexibility index (Phi) is 5.20. The van der Waals surface area contributed by atoms with Gasteiger partial charge in [0.15, 0.2) is 0 Å². The summed E-state index contributed by atoms with van der Waals surface area (Å²) < 4.78 is 5.11. The number of carbonyl (C=O) groups is 2. The summed E-state index contributed by atoms with van der Waals surface area (Å²) in [7, 11) is 1.59. The van der Waals surface area contributed by atoms with Crippen molar-refractivity contribution in [2.75, 3.05) is 20.2 Å². The molecule has 2 atom stereocenters. The maximum atomic E-state index is 13.1. The highest BCUT2D eigenvalue weighted by molar-refractivity contribution is 5.98. The van der Waals surface area contributed by atoms with Crippen LogP contribution in [0, 0.1) is 6.92 Å². The molecule has 2 aliphatic rings. The number of allylic oxidation sites excluding steroid dienone is 2. The van der Waals surface area contributed by atoms with Crippen molar-refractivity contribution in [2.24, 2.45) is 0 Å². The van der Waals surface area contributed by atoms with Crippen LogP contribution in [0.4, 0.5) is 0 Å². The molecule has 4 rings (SSSR count). The fraction of sp³-hybridized carbons (Fsp3) is 0.318. The molecule has 2 unspecified atom stereocenters. The zero-order chi connectivity index (χ0) is 20.4. The minimum Gasteiger partial charge on any atom is -0.497 e. The lowest BCUT2D eigenvalue weighted by Crippen LogP contribution is -2.48. The average molecular weight is 392 g/mol. The van der Waals surface area contributed by atoms with Crippen LogP contribution in [0.1, 0.15) is 44.4 Å². The second kappa shape index (κ2) is 7.95. The van der Waals surface area contributed by atoms with E-state index in [4.69, 9.17) is 4.74 Å². The Bertz CT molecular complexity index is 974. The Morgan fingerprint density at radius 2 is 2.00 bits per heavy atom. The number of rotatable bonds is 6. The normalized spacial score (nSPS) is 19.7. The van der Waals surface area contributed by atoms with Crippen LogP contribution < -0.4 is 10.1 Å². The summed E-state index contributed by atoms with van der Waals surface area (Å²) in [5.41, 5.74) is 2.87. The molecule has 1 aromatic carbocycles. The van der Waals surface area contributed by atoms with E-state index >= 15 is 0 Å². The number of aryl methyl sites for hydroxylation is 1. The SMILES string of the molecule is COc1ccc(C(=O)NCCCN2C(=O)c3c(n[nH]c3C)C3C=CC=CC32)cc1. The molecule has 2 N–H and O–H groups in total. The number of methoxy groups -OCH3 is 1. The summed E-state index contributed by atoms with van der Waals surface area (Å²) in [4.78, 5) is 27.3. The summed E-state index contributed by atoms with van der Waals surface area (Å²) in [6.45, 7) is 2.92. The first-order chi connectivity index (χ1) is 14.1. The van der Waals surface area contributed by atoms with Crippen molar-refractivity contribution in [2.45, 2.75) is 25.3 Å². The van der Waals surface area contributed by atoms with Gasteiger partial charge in [0.1, 0.15) is 5.75 Å². The zero-order valence-electron chi connectivity index (χ0n) is 16.5. The number of fused-ring (bicyclic) bond motifs is 3. The molecular weight excluding hydrogens is 368 g/mol. The lowest BCUT2D eigenvalue weighted by atomic mass is 9.84. The van der Waals surface area contributed by atoms with Crippen molar-refractivity contribution in [1.82, 2.24) is 20.4 Å². The lowest BCUT2D eigenvalue weighted by molar-refractivity contribution is 0.0670. The van der Waals surface area contributed by atoms with Gasteiger partial charge in [0.25, 0.3) is 11.8 Å². The predicted molar refractivity (Wildman–Crippen MR) is 109 cm³/mol. The Morgan fingerprint density at radius 1 is 1.24 bits per heavy atom. The summed E-state index contributed by atoms with van der Waals surface area (Å²) in [6.07, 6.45) is 8.77. The summed E-state index contributed by atoms with van der Waals surface area (Å²) >= 11 is 0. The van der Waals surface area contributed by atoms with E-state index in [1.807, 2.05) is 30.1 Å². The van der Waals surface area contributed by atoms with Gasteiger partial charge in [0, 0.05) is 30.3 Å². The first kappa shape index (κ1) is 19.0. The van der Waals surface area contributed by atoms with E-state index in [0.29, 0.717) is 36.4 Å². The van der Waals surface area contributed by atoms with Gasteiger partial charge in [-0.05, 0) is 37.6 Å². The van der Waals surface area contributed by atoms with E-state index in [1.165, 1.54) is 0 Å². The molecule has 0 spiro atoms. The minimum absolute atomic E-state index is 0.00562. The highest BCUT2D eigenvalue weighted by Crippen LogP contribution is 2.36. The first-order valence-corrected chi connectivity index (χ1v) is 9.73. The molecule has 2 aromatic rings. The van der Waals surface area contributed by atoms with Gasteiger partial charge in [-0.15, -0.1) is 0 Å². The number of aromatic amines is 1. The Morgan fingerprint density at radius 3 is 2.76 bits per heavy atom. The van der Waals surface area contributed by atoms with Crippen LogP contribution in [0.15, 0.2) is 48.6 Å². The quantitative estimate of drug-likeness (QED) is 0.740. The Balaban J connectivity index is 1.38. The molecule has 2 heterocycles. The monoisotopic (exact) mass is 392 g/mol. The van der Waals surface area contributed by atoms with Crippen LogP contribution in [0.25, 0.3) is 0 Å². The number of ether oxygens (including phenoxy) is 1. The molecule has 0 radical (unpaired) electrons. The molecule has 29 heavy (non-hydrogen) atoms. The highest BCUT2D eigenvalue weighted by atomic mass is 16.5. The number of nitrogens with zero attached hydrogens (tertiary/aromatic N) is 2. The minimum atomic E-state index is -0.135. The number of benzene rings is 1. The number of nitrogens with one attached hydrogen (secondary N) is 2. The lowest BCUT2D eigenvalue weighted by Gasteiger charge is -2.39. The first-order valence-electron chi connectivity index (χ1n) is 9.73. The molecule has 7 heteroatoms. The van der Waals surface area contributed by atoms with Crippen molar-refractivity contribution in [3.63, 3.8) is 0 Å². The third kappa shape index (κ3) is 3.55. The molecule has 150 valence electrons. The van der Waals surface area contributed by atoms with Crippen LogP contribution in [-0.2, 0) is 0 Å². The van der Waals surface area contributed by atoms with E-state index in [-0.39, 0.29) is 23.8 Å². The van der Waals surface area contributed by atoms with Gasteiger partial charge >= 0.3 is 0 Å². The highest BCUT2D eigenvalue weighted by Gasteiger charge is 2.40. The third-order valence-electron chi connectivity index (χ3n) is 5.44. The second-order valence-corrected chi connectivity index (χ2v) is 7.23. The molecule has 0 saturated carbocycles. The van der Waals surface area contributed by atoms with Gasteiger partial charge in [0.2, 0.25) is 0 Å². The van der Waals surface area contributed by atoms with Crippen LogP contribution in [0.3, 0.4) is 0 Å². The number of hydrogen-bond donors (Lipinski definition) is 2. The number of carbonyl (C=O) groups excluding carboxylic acids is 2. The molecule has 0 saturated heterocycles. The fourth-order valence-electron chi connectivity index (χ4n) is 3.93. The predicted octanol–water partition coefficient (Wildman–Crippen LogP) is 2.58. The van der Waals surface area contributed by atoms with Crippen molar-refractivity contribution in [3.8, 4) is 5.75 Å². The third-order valence-corrected chi connectivity index (χ3v) is 5.44. The number of aromatic nitrogens is 2. The Hall–Kier alpha value is -3.35. The average Bonchev–Trinajstić information content (AvgIpc) is 3.15. The van der Waals surface area contributed by atoms with Crippen LogP contribution in [0.5, 0.6) is 5.75 Å². The molecule has 0 fully saturated rings. The van der Waals surface area contributed by atoms with E-state index in [0.717, 1.165) is 11.4 Å². The zero-order valence-corrected chi connectivity index (χ0v) is 16.5. The standard InChI is InChI=1S/C22H24N4O3/c1-14-19-20(25-24-14)17-6-3-4-7-18(17)26(22(19)28)13-5-12-23-21(27)15-8-10-16(29-2)11-9-15/h3-4,6-11,17-18H,5,12-13H2,1-2H3,(H,23,27)(H,24,25).